The van der Waals surface area contributed by atoms with Crippen molar-refractivity contribution in [2.75, 3.05) is 32.6 Å². The van der Waals surface area contributed by atoms with Crippen molar-refractivity contribution in [2.24, 2.45) is 11.8 Å². The van der Waals surface area contributed by atoms with Gasteiger partial charge < -0.3 is 14.8 Å². The molecule has 3 aliphatic heterocycles. The molecule has 2 saturated heterocycles. The lowest BCUT2D eigenvalue weighted by Gasteiger charge is -2.44. The first-order valence-corrected chi connectivity index (χ1v) is 9.65. The van der Waals surface area contributed by atoms with Gasteiger partial charge in [-0.05, 0) is 36.9 Å². The second-order valence-corrected chi connectivity index (χ2v) is 7.77. The molecule has 1 amide bonds. The van der Waals surface area contributed by atoms with Crippen molar-refractivity contribution < 1.29 is 19.1 Å². The van der Waals surface area contributed by atoms with E-state index in [0.717, 1.165) is 30.8 Å². The number of carbonyl (C=O) groups is 2. The zero-order chi connectivity index (χ0) is 19.9. The third-order valence-corrected chi connectivity index (χ3v) is 6.67. The van der Waals surface area contributed by atoms with Crippen molar-refractivity contribution >= 4 is 17.6 Å². The zero-order valence-electron chi connectivity index (χ0n) is 16.3. The quantitative estimate of drug-likeness (QED) is 0.375. The number of hydrogen-bond donors (Lipinski definition) is 1. The van der Waals surface area contributed by atoms with Gasteiger partial charge >= 0.3 is 5.97 Å². The molecule has 148 valence electrons. The standard InChI is InChI=1S/C22H26N2O4/c1-4-14-12-24-10-9-22(17-7-5-6-8-18(17)23-21(22)26)19(24)11-15(14)16(13-27-2)20(25)28-3/h4-8,13-15,19H,1,9-12H2,2-3H3,(H,23,26)/b16-13+/t14-,15-,19?,22?/m0/s1. The molecule has 4 rings (SSSR count). The molecule has 1 aromatic carbocycles. The van der Waals surface area contributed by atoms with Crippen LogP contribution in [0.15, 0.2) is 48.8 Å². The molecular formula is C22H26N2O4. The Balaban J connectivity index is 1.75. The number of esters is 1. The lowest BCUT2D eigenvalue weighted by Crippen LogP contribution is -2.53. The number of nitrogens with one attached hydrogen (secondary N) is 1. The predicted molar refractivity (Wildman–Crippen MR) is 106 cm³/mol. The van der Waals surface area contributed by atoms with Gasteiger partial charge in [-0.2, -0.15) is 0 Å². The van der Waals surface area contributed by atoms with Crippen molar-refractivity contribution in [3.05, 3.63) is 54.3 Å². The molecule has 0 radical (unpaired) electrons. The number of amides is 1. The summed E-state index contributed by atoms with van der Waals surface area (Å²) in [5, 5.41) is 3.07. The number of hydrogen-bond acceptors (Lipinski definition) is 5. The number of fused-ring (bicyclic) bond motifs is 4. The van der Waals surface area contributed by atoms with E-state index in [-0.39, 0.29) is 23.8 Å². The van der Waals surface area contributed by atoms with E-state index in [1.54, 1.807) is 0 Å². The number of nitrogens with zero attached hydrogens (tertiary/aromatic N) is 1. The average Bonchev–Trinajstić information content (AvgIpc) is 3.23. The van der Waals surface area contributed by atoms with Crippen LogP contribution < -0.4 is 5.32 Å². The first kappa shape index (κ1) is 18.7. The summed E-state index contributed by atoms with van der Waals surface area (Å²) in [6, 6.07) is 7.96. The van der Waals surface area contributed by atoms with E-state index in [9.17, 15) is 9.59 Å². The Morgan fingerprint density at radius 1 is 1.36 bits per heavy atom. The monoisotopic (exact) mass is 382 g/mol. The smallest absolute Gasteiger partial charge is 0.337 e. The number of ether oxygens (including phenoxy) is 2. The van der Waals surface area contributed by atoms with Crippen LogP contribution in [-0.4, -0.2) is 50.1 Å². The summed E-state index contributed by atoms with van der Waals surface area (Å²) in [5.41, 5.74) is 1.90. The van der Waals surface area contributed by atoms with Crippen LogP contribution >= 0.6 is 0 Å². The van der Waals surface area contributed by atoms with Crippen LogP contribution in [0.2, 0.25) is 0 Å². The second kappa shape index (κ2) is 7.09. The number of methoxy groups -OCH3 is 2. The highest BCUT2D eigenvalue weighted by Gasteiger charge is 2.60. The van der Waals surface area contributed by atoms with Crippen LogP contribution in [0.5, 0.6) is 0 Å². The topological polar surface area (TPSA) is 67.9 Å². The van der Waals surface area contributed by atoms with Crippen LogP contribution in [0, 0.1) is 11.8 Å². The molecule has 0 bridgehead atoms. The van der Waals surface area contributed by atoms with E-state index in [1.807, 2.05) is 24.3 Å². The molecule has 3 aliphatic rings. The molecule has 1 N–H and O–H groups in total. The van der Waals surface area contributed by atoms with Crippen molar-refractivity contribution in [3.63, 3.8) is 0 Å². The molecule has 1 aromatic rings. The fourth-order valence-electron chi connectivity index (χ4n) is 5.38. The molecule has 0 aliphatic carbocycles. The van der Waals surface area contributed by atoms with Gasteiger partial charge in [0.15, 0.2) is 0 Å². The Bertz CT molecular complexity index is 849. The number of rotatable bonds is 4. The minimum absolute atomic E-state index is 0.0160. The lowest BCUT2D eigenvalue weighted by atomic mass is 9.68. The summed E-state index contributed by atoms with van der Waals surface area (Å²) in [7, 11) is 2.90. The van der Waals surface area contributed by atoms with Gasteiger partial charge in [-0.15, -0.1) is 6.58 Å². The maximum absolute atomic E-state index is 13.2. The largest absolute Gasteiger partial charge is 0.504 e. The third kappa shape index (κ3) is 2.58. The zero-order valence-corrected chi connectivity index (χ0v) is 16.3. The Morgan fingerprint density at radius 2 is 2.14 bits per heavy atom. The summed E-state index contributed by atoms with van der Waals surface area (Å²) >= 11 is 0. The Hall–Kier alpha value is -2.60. The fourth-order valence-corrected chi connectivity index (χ4v) is 5.38. The highest BCUT2D eigenvalue weighted by molar-refractivity contribution is 6.07. The van der Waals surface area contributed by atoms with Crippen molar-refractivity contribution in [2.45, 2.75) is 24.3 Å². The maximum atomic E-state index is 13.2. The highest BCUT2D eigenvalue weighted by atomic mass is 16.5. The summed E-state index contributed by atoms with van der Waals surface area (Å²) in [6.45, 7) is 5.60. The first-order chi connectivity index (χ1) is 13.6. The van der Waals surface area contributed by atoms with Crippen molar-refractivity contribution in [1.29, 1.82) is 0 Å². The number of benzene rings is 1. The average molecular weight is 382 g/mol. The molecule has 1 spiro atoms. The van der Waals surface area contributed by atoms with Gasteiger partial charge in [0.25, 0.3) is 0 Å². The highest BCUT2D eigenvalue weighted by Crippen LogP contribution is 2.52. The van der Waals surface area contributed by atoms with E-state index in [2.05, 4.69) is 22.9 Å². The molecule has 0 saturated carbocycles. The number of para-hydroxylation sites is 1. The molecule has 4 atom stereocenters. The molecule has 0 aromatic heterocycles. The summed E-state index contributed by atoms with van der Waals surface area (Å²) < 4.78 is 10.2. The summed E-state index contributed by atoms with van der Waals surface area (Å²) in [5.74, 6) is -0.351. The molecule has 3 heterocycles. The van der Waals surface area contributed by atoms with Crippen LogP contribution in [0.1, 0.15) is 18.4 Å². The fraction of sp³-hybridized carbons (Fsp3) is 0.455. The van der Waals surface area contributed by atoms with Gasteiger partial charge in [0.1, 0.15) is 0 Å². The minimum atomic E-state index is -0.574. The predicted octanol–water partition coefficient (Wildman–Crippen LogP) is 2.48. The molecule has 6 heteroatoms. The van der Waals surface area contributed by atoms with E-state index < -0.39 is 11.4 Å². The SMILES string of the molecule is C=C[C@H]1CN2CCC3(C(=O)Nc4ccccc43)C2C[C@@H]1/C(=C\OC)C(=O)OC. The van der Waals surface area contributed by atoms with E-state index in [1.165, 1.54) is 20.5 Å². The van der Waals surface area contributed by atoms with Crippen LogP contribution in [0.4, 0.5) is 5.69 Å². The molecular weight excluding hydrogens is 356 g/mol. The van der Waals surface area contributed by atoms with Gasteiger partial charge in [0.2, 0.25) is 5.91 Å². The maximum Gasteiger partial charge on any atom is 0.337 e. The van der Waals surface area contributed by atoms with Crippen LogP contribution in [0.25, 0.3) is 0 Å². The normalized spacial score (nSPS) is 31.9. The van der Waals surface area contributed by atoms with Gasteiger partial charge in [-0.1, -0.05) is 24.3 Å². The second-order valence-electron chi connectivity index (χ2n) is 7.77. The Labute approximate surface area is 165 Å². The lowest BCUT2D eigenvalue weighted by molar-refractivity contribution is -0.137. The number of piperidine rings is 1. The Kier molecular flexibility index (Phi) is 4.75. The molecule has 6 nitrogen and oxygen atoms in total. The van der Waals surface area contributed by atoms with Gasteiger partial charge in [-0.3, -0.25) is 9.69 Å². The van der Waals surface area contributed by atoms with Crippen molar-refractivity contribution in [1.82, 2.24) is 4.90 Å². The summed E-state index contributed by atoms with van der Waals surface area (Å²) in [6.07, 6.45) is 4.83. The number of carbonyl (C=O) groups excluding carboxylic acids is 2. The van der Waals surface area contributed by atoms with Gasteiger partial charge in [0, 0.05) is 24.2 Å². The van der Waals surface area contributed by atoms with Gasteiger partial charge in [-0.25, -0.2) is 4.79 Å². The van der Waals surface area contributed by atoms with Crippen LogP contribution in [-0.2, 0) is 24.5 Å². The van der Waals surface area contributed by atoms with Crippen LogP contribution in [0.3, 0.4) is 0 Å². The summed E-state index contributed by atoms with van der Waals surface area (Å²) in [4.78, 5) is 28.0. The molecule has 2 fully saturated rings. The van der Waals surface area contributed by atoms with E-state index >= 15 is 0 Å². The van der Waals surface area contributed by atoms with Crippen molar-refractivity contribution in [3.8, 4) is 0 Å². The van der Waals surface area contributed by atoms with Gasteiger partial charge in [0.05, 0.1) is 31.5 Å². The van der Waals surface area contributed by atoms with E-state index in [0.29, 0.717) is 12.0 Å². The molecule has 2 unspecified atom stereocenters. The third-order valence-electron chi connectivity index (χ3n) is 6.67. The Morgan fingerprint density at radius 3 is 2.86 bits per heavy atom. The van der Waals surface area contributed by atoms with E-state index in [4.69, 9.17) is 9.47 Å². The number of anilines is 1. The molecule has 28 heavy (non-hydrogen) atoms. The minimum Gasteiger partial charge on any atom is -0.504 e. The first-order valence-electron chi connectivity index (χ1n) is 9.65.